The van der Waals surface area contributed by atoms with E-state index < -0.39 is 0 Å². The highest BCUT2D eigenvalue weighted by Crippen LogP contribution is 2.22. The first kappa shape index (κ1) is 23.6. The van der Waals surface area contributed by atoms with Crippen molar-refractivity contribution >= 4 is 24.5 Å². The molecular formula is C25H29N3O3. The van der Waals surface area contributed by atoms with Gasteiger partial charge in [-0.15, -0.1) is 6.58 Å². The minimum atomic E-state index is 0.260. The van der Waals surface area contributed by atoms with Crippen molar-refractivity contribution in [2.24, 2.45) is 5.10 Å². The molecule has 6 nitrogen and oxygen atoms in total. The van der Waals surface area contributed by atoms with Gasteiger partial charge in [0.05, 0.1) is 0 Å². The van der Waals surface area contributed by atoms with Crippen LogP contribution in [0.4, 0.5) is 0 Å². The summed E-state index contributed by atoms with van der Waals surface area (Å²) >= 11 is 0. The minimum Gasteiger partial charge on any atom is -0.489 e. The molecule has 162 valence electrons. The number of carbonyl (C=O) groups is 2. The lowest BCUT2D eigenvalue weighted by Gasteiger charge is -2.19. The molecule has 0 unspecified atom stereocenters. The Morgan fingerprint density at radius 2 is 1.87 bits per heavy atom. The monoisotopic (exact) mass is 419 g/mol. The second kappa shape index (κ2) is 13.5. The van der Waals surface area contributed by atoms with Gasteiger partial charge in [0, 0.05) is 31.0 Å². The third-order valence-electron chi connectivity index (χ3n) is 4.44. The summed E-state index contributed by atoms with van der Waals surface area (Å²) < 4.78 is 5.86. The highest BCUT2D eigenvalue weighted by Gasteiger charge is 2.10. The molecule has 1 N–H and O–H groups in total. The van der Waals surface area contributed by atoms with Crippen LogP contribution in [0.3, 0.4) is 0 Å². The molecular weight excluding hydrogens is 390 g/mol. The summed E-state index contributed by atoms with van der Waals surface area (Å²) in [5, 5.41) is 9.12. The van der Waals surface area contributed by atoms with Crippen LogP contribution >= 0.6 is 0 Å². The van der Waals surface area contributed by atoms with Gasteiger partial charge >= 0.3 is 0 Å². The van der Waals surface area contributed by atoms with Gasteiger partial charge in [0.15, 0.2) is 0 Å². The van der Waals surface area contributed by atoms with Crippen LogP contribution in [0.25, 0.3) is 5.70 Å². The molecule has 0 spiro atoms. The number of aldehydes is 2. The van der Waals surface area contributed by atoms with Crippen LogP contribution in [-0.2, 0) is 16.2 Å². The Morgan fingerprint density at radius 3 is 2.52 bits per heavy atom. The van der Waals surface area contributed by atoms with Crippen molar-refractivity contribution in [1.29, 1.82) is 0 Å². The number of hydrazone groups is 1. The Morgan fingerprint density at radius 1 is 1.13 bits per heavy atom. The fourth-order valence-corrected chi connectivity index (χ4v) is 2.82. The van der Waals surface area contributed by atoms with Gasteiger partial charge < -0.3 is 14.8 Å². The van der Waals surface area contributed by atoms with E-state index in [2.05, 4.69) is 17.0 Å². The third kappa shape index (κ3) is 8.30. The first-order valence-corrected chi connectivity index (χ1v) is 10.2. The van der Waals surface area contributed by atoms with E-state index >= 15 is 0 Å². The summed E-state index contributed by atoms with van der Waals surface area (Å²) in [5.74, 6) is 0.751. The lowest BCUT2D eigenvalue weighted by atomic mass is 10.0. The van der Waals surface area contributed by atoms with Crippen molar-refractivity contribution in [3.05, 3.63) is 84.0 Å². The summed E-state index contributed by atoms with van der Waals surface area (Å²) in [7, 11) is 1.79. The standard InChI is InChI=1S/C25H29N3O3/c1-3-4-11-23(18-30)25(26-20-28(2)27-16-8-17-29)22-12-14-24(15-13-22)31-19-21-9-6-5-7-10-21/h3,5-7,9-10,12-18,26H,1,4,8,11,19-20H2,2H3/b25-23-,27-16-. The Labute approximate surface area is 183 Å². The SMILES string of the molecule is C=CCC/C(C=O)=C(/NCN(C)/N=C\CC=O)c1ccc(OCc2ccccc2)cc1. The van der Waals surface area contributed by atoms with Gasteiger partial charge in [-0.3, -0.25) is 9.80 Å². The number of carbonyl (C=O) groups excluding carboxylic acids is 2. The maximum Gasteiger partial charge on any atom is 0.148 e. The second-order valence-electron chi connectivity index (χ2n) is 6.84. The number of hydrogen-bond acceptors (Lipinski definition) is 6. The van der Waals surface area contributed by atoms with E-state index in [4.69, 9.17) is 4.74 Å². The maximum absolute atomic E-state index is 11.8. The van der Waals surface area contributed by atoms with Gasteiger partial charge in [-0.05, 0) is 48.2 Å². The van der Waals surface area contributed by atoms with Crippen LogP contribution in [0.15, 0.2) is 77.9 Å². The van der Waals surface area contributed by atoms with Crippen molar-refractivity contribution in [3.8, 4) is 5.75 Å². The Balaban J connectivity index is 2.14. The van der Waals surface area contributed by atoms with E-state index in [-0.39, 0.29) is 6.42 Å². The molecule has 0 radical (unpaired) electrons. The number of benzene rings is 2. The summed E-state index contributed by atoms with van der Waals surface area (Å²) in [6, 6.07) is 17.6. The molecule has 0 fully saturated rings. The lowest BCUT2D eigenvalue weighted by Crippen LogP contribution is -2.27. The molecule has 0 aliphatic rings. The zero-order valence-electron chi connectivity index (χ0n) is 17.9. The maximum atomic E-state index is 11.8. The quantitative estimate of drug-likeness (QED) is 0.124. The van der Waals surface area contributed by atoms with Gasteiger partial charge in [0.1, 0.15) is 31.6 Å². The molecule has 0 aliphatic heterocycles. The fraction of sp³-hybridized carbons (Fsp3) is 0.240. The molecule has 6 heteroatoms. The molecule has 31 heavy (non-hydrogen) atoms. The van der Waals surface area contributed by atoms with E-state index in [1.165, 1.54) is 6.21 Å². The van der Waals surface area contributed by atoms with Crippen LogP contribution < -0.4 is 10.1 Å². The summed E-state index contributed by atoms with van der Waals surface area (Å²) in [6.07, 6.45) is 6.53. The van der Waals surface area contributed by atoms with Gasteiger partial charge in [-0.25, -0.2) is 0 Å². The molecule has 0 bridgehead atoms. The number of nitrogens with one attached hydrogen (secondary N) is 1. The van der Waals surface area contributed by atoms with Crippen LogP contribution in [0.1, 0.15) is 30.4 Å². The van der Waals surface area contributed by atoms with Crippen LogP contribution in [0, 0.1) is 0 Å². The number of allylic oxidation sites excluding steroid dienone is 2. The molecule has 0 atom stereocenters. The van der Waals surface area contributed by atoms with E-state index in [1.807, 2.05) is 54.6 Å². The molecule has 0 heterocycles. The van der Waals surface area contributed by atoms with E-state index in [1.54, 1.807) is 18.1 Å². The van der Waals surface area contributed by atoms with Gasteiger partial charge in [-0.2, -0.15) is 5.10 Å². The highest BCUT2D eigenvalue weighted by molar-refractivity contribution is 5.87. The average Bonchev–Trinajstić information content (AvgIpc) is 2.81. The second-order valence-corrected chi connectivity index (χ2v) is 6.84. The molecule has 2 rings (SSSR count). The van der Waals surface area contributed by atoms with Gasteiger partial charge in [-0.1, -0.05) is 36.4 Å². The molecule has 2 aromatic carbocycles. The molecule has 0 aromatic heterocycles. The molecule has 0 amide bonds. The number of nitrogens with zero attached hydrogens (tertiary/aromatic N) is 2. The van der Waals surface area contributed by atoms with Gasteiger partial charge in [0.2, 0.25) is 0 Å². The molecule has 0 aliphatic carbocycles. The van der Waals surface area contributed by atoms with Crippen LogP contribution in [-0.4, -0.2) is 37.5 Å². The first-order valence-electron chi connectivity index (χ1n) is 10.2. The highest BCUT2D eigenvalue weighted by atomic mass is 16.5. The van der Waals surface area contributed by atoms with E-state index in [9.17, 15) is 9.59 Å². The predicted molar refractivity (Wildman–Crippen MR) is 125 cm³/mol. The largest absolute Gasteiger partial charge is 0.489 e. The van der Waals surface area contributed by atoms with E-state index in [0.717, 1.165) is 35.1 Å². The van der Waals surface area contributed by atoms with Gasteiger partial charge in [0.25, 0.3) is 0 Å². The van der Waals surface area contributed by atoms with Crippen LogP contribution in [0.2, 0.25) is 0 Å². The summed E-state index contributed by atoms with van der Waals surface area (Å²) in [6.45, 7) is 4.61. The zero-order chi connectivity index (χ0) is 22.3. The van der Waals surface area contributed by atoms with Crippen molar-refractivity contribution in [1.82, 2.24) is 10.3 Å². The Hall–Kier alpha value is -3.67. The molecule has 2 aromatic rings. The Bertz CT molecular complexity index is 890. The average molecular weight is 420 g/mol. The van der Waals surface area contributed by atoms with Crippen molar-refractivity contribution < 1.29 is 14.3 Å². The molecule has 0 saturated carbocycles. The van der Waals surface area contributed by atoms with Crippen molar-refractivity contribution in [3.63, 3.8) is 0 Å². The predicted octanol–water partition coefficient (Wildman–Crippen LogP) is 4.20. The summed E-state index contributed by atoms with van der Waals surface area (Å²) in [4.78, 5) is 22.2. The van der Waals surface area contributed by atoms with Crippen molar-refractivity contribution in [2.75, 3.05) is 13.7 Å². The number of rotatable bonds is 14. The number of hydrogen-bond donors (Lipinski definition) is 1. The van der Waals surface area contributed by atoms with E-state index in [0.29, 0.717) is 31.7 Å². The number of ether oxygens (including phenoxy) is 1. The fourth-order valence-electron chi connectivity index (χ4n) is 2.82. The van der Waals surface area contributed by atoms with Crippen LogP contribution in [0.5, 0.6) is 5.75 Å². The third-order valence-corrected chi connectivity index (χ3v) is 4.44. The zero-order valence-corrected chi connectivity index (χ0v) is 17.9. The first-order chi connectivity index (χ1) is 15.2. The summed E-state index contributed by atoms with van der Waals surface area (Å²) in [5.41, 5.74) is 3.37. The smallest absolute Gasteiger partial charge is 0.148 e. The Kier molecular flexibility index (Phi) is 10.3. The topological polar surface area (TPSA) is 71.0 Å². The minimum absolute atomic E-state index is 0.260. The normalized spacial score (nSPS) is 11.5. The lowest BCUT2D eigenvalue weighted by molar-refractivity contribution is -0.107. The van der Waals surface area contributed by atoms with Crippen molar-refractivity contribution in [2.45, 2.75) is 25.9 Å². The molecule has 0 saturated heterocycles.